The lowest BCUT2D eigenvalue weighted by Gasteiger charge is -2.18. The molecule has 0 amide bonds. The van der Waals surface area contributed by atoms with Crippen LogP contribution in [0.3, 0.4) is 0 Å². The van der Waals surface area contributed by atoms with Crippen LogP contribution in [-0.4, -0.2) is 12.2 Å². The van der Waals surface area contributed by atoms with E-state index in [-0.39, 0.29) is 5.41 Å². The Morgan fingerprint density at radius 2 is 1.83 bits per heavy atom. The first-order valence-electron chi connectivity index (χ1n) is 6.21. The predicted octanol–water partition coefficient (Wildman–Crippen LogP) is 3.36. The number of hydrogen-bond donors (Lipinski definition) is 1. The van der Waals surface area contributed by atoms with Crippen LogP contribution < -0.4 is 5.32 Å². The van der Waals surface area contributed by atoms with Gasteiger partial charge >= 0.3 is 0 Å². The van der Waals surface area contributed by atoms with Gasteiger partial charge < -0.3 is 9.84 Å². The second-order valence-corrected chi connectivity index (χ2v) is 5.54. The van der Waals surface area contributed by atoms with Crippen molar-refractivity contribution in [3.8, 4) is 11.3 Å². The topological polar surface area (TPSA) is 38.1 Å². The van der Waals surface area contributed by atoms with Gasteiger partial charge in [-0.2, -0.15) is 0 Å². The molecule has 2 aromatic rings. The largest absolute Gasteiger partial charge is 0.356 e. The van der Waals surface area contributed by atoms with E-state index in [1.807, 2.05) is 7.05 Å². The number of rotatable bonds is 3. The average molecular weight is 244 g/mol. The van der Waals surface area contributed by atoms with Gasteiger partial charge in [0.25, 0.3) is 0 Å². The van der Waals surface area contributed by atoms with Gasteiger partial charge in [-0.15, -0.1) is 0 Å². The molecular weight excluding hydrogens is 224 g/mol. The first kappa shape index (κ1) is 12.8. The zero-order valence-corrected chi connectivity index (χ0v) is 11.4. The molecule has 0 aliphatic carbocycles. The normalized spacial score (nSPS) is 11.8. The first-order chi connectivity index (χ1) is 8.52. The highest BCUT2D eigenvalue weighted by molar-refractivity contribution is 5.61. The van der Waals surface area contributed by atoms with E-state index < -0.39 is 0 Å². The molecule has 0 radical (unpaired) electrons. The second-order valence-electron chi connectivity index (χ2n) is 5.54. The molecule has 0 aliphatic rings. The van der Waals surface area contributed by atoms with E-state index in [9.17, 15) is 0 Å². The minimum atomic E-state index is 0.174. The number of nitrogens with zero attached hydrogens (tertiary/aromatic N) is 1. The summed E-state index contributed by atoms with van der Waals surface area (Å²) in [7, 11) is 1.92. The maximum absolute atomic E-state index is 5.34. The van der Waals surface area contributed by atoms with Crippen molar-refractivity contribution in [3.63, 3.8) is 0 Å². The molecule has 0 aliphatic heterocycles. The number of aromatic nitrogens is 1. The molecule has 1 heterocycles. The standard InChI is InChI=1S/C15H20N2O/c1-15(2,3)13-7-5-11(6-8-13)14-12(9-16-4)10-17-18-14/h5-8,10,16H,9H2,1-4H3. The zero-order valence-electron chi connectivity index (χ0n) is 11.4. The maximum Gasteiger partial charge on any atom is 0.171 e. The van der Waals surface area contributed by atoms with Gasteiger partial charge in [0, 0.05) is 17.7 Å². The Labute approximate surface area is 108 Å². The van der Waals surface area contributed by atoms with E-state index in [1.165, 1.54) is 5.56 Å². The molecule has 0 saturated carbocycles. The van der Waals surface area contributed by atoms with Crippen LogP contribution in [0.25, 0.3) is 11.3 Å². The molecule has 1 aromatic carbocycles. The van der Waals surface area contributed by atoms with Gasteiger partial charge in [-0.1, -0.05) is 50.2 Å². The Kier molecular flexibility index (Phi) is 3.53. The highest BCUT2D eigenvalue weighted by Gasteiger charge is 2.15. The van der Waals surface area contributed by atoms with Crippen LogP contribution in [0.5, 0.6) is 0 Å². The van der Waals surface area contributed by atoms with Crippen LogP contribution in [0.15, 0.2) is 35.0 Å². The molecule has 1 N–H and O–H groups in total. The van der Waals surface area contributed by atoms with Crippen LogP contribution in [0.2, 0.25) is 0 Å². The van der Waals surface area contributed by atoms with Crippen molar-refractivity contribution in [1.82, 2.24) is 10.5 Å². The quantitative estimate of drug-likeness (QED) is 0.899. The van der Waals surface area contributed by atoms with Crippen LogP contribution >= 0.6 is 0 Å². The Morgan fingerprint density at radius 1 is 1.17 bits per heavy atom. The summed E-state index contributed by atoms with van der Waals surface area (Å²) in [6.45, 7) is 7.40. The summed E-state index contributed by atoms with van der Waals surface area (Å²) < 4.78 is 5.34. The van der Waals surface area contributed by atoms with Crippen molar-refractivity contribution in [1.29, 1.82) is 0 Å². The summed E-state index contributed by atoms with van der Waals surface area (Å²) in [6, 6.07) is 8.50. The molecule has 1 aromatic heterocycles. The summed E-state index contributed by atoms with van der Waals surface area (Å²) in [4.78, 5) is 0. The van der Waals surface area contributed by atoms with Gasteiger partial charge in [-0.05, 0) is 18.0 Å². The molecule has 0 fully saturated rings. The Balaban J connectivity index is 2.32. The minimum absolute atomic E-state index is 0.174. The molecule has 18 heavy (non-hydrogen) atoms. The average Bonchev–Trinajstić information content (AvgIpc) is 2.77. The summed E-state index contributed by atoms with van der Waals surface area (Å²) in [5, 5.41) is 6.99. The lowest BCUT2D eigenvalue weighted by atomic mass is 9.86. The fraction of sp³-hybridized carbons (Fsp3) is 0.400. The first-order valence-corrected chi connectivity index (χ1v) is 6.21. The Morgan fingerprint density at radius 3 is 2.39 bits per heavy atom. The van der Waals surface area contributed by atoms with E-state index in [2.05, 4.69) is 55.5 Å². The third-order valence-corrected chi connectivity index (χ3v) is 3.02. The molecule has 3 heteroatoms. The molecule has 96 valence electrons. The predicted molar refractivity (Wildman–Crippen MR) is 73.4 cm³/mol. The molecule has 0 saturated heterocycles. The molecular formula is C15H20N2O. The molecule has 2 rings (SSSR count). The molecule has 0 unspecified atom stereocenters. The second kappa shape index (κ2) is 4.94. The zero-order chi connectivity index (χ0) is 13.2. The van der Waals surface area contributed by atoms with Crippen LogP contribution in [0.1, 0.15) is 31.9 Å². The van der Waals surface area contributed by atoms with Crippen molar-refractivity contribution in [2.75, 3.05) is 7.05 Å². The molecule has 0 spiro atoms. The lowest BCUT2D eigenvalue weighted by molar-refractivity contribution is 0.431. The van der Waals surface area contributed by atoms with E-state index in [1.54, 1.807) is 6.20 Å². The van der Waals surface area contributed by atoms with Crippen LogP contribution in [-0.2, 0) is 12.0 Å². The number of nitrogens with one attached hydrogen (secondary N) is 1. The highest BCUT2D eigenvalue weighted by Crippen LogP contribution is 2.27. The van der Waals surface area contributed by atoms with Gasteiger partial charge in [0.05, 0.1) is 6.20 Å². The molecule has 3 nitrogen and oxygen atoms in total. The smallest absolute Gasteiger partial charge is 0.171 e. The van der Waals surface area contributed by atoms with Crippen LogP contribution in [0, 0.1) is 0 Å². The van der Waals surface area contributed by atoms with Gasteiger partial charge in [0.15, 0.2) is 5.76 Å². The Bertz CT molecular complexity index is 506. The van der Waals surface area contributed by atoms with Gasteiger partial charge in [0.1, 0.15) is 0 Å². The van der Waals surface area contributed by atoms with E-state index >= 15 is 0 Å². The van der Waals surface area contributed by atoms with Crippen molar-refractivity contribution < 1.29 is 4.52 Å². The lowest BCUT2D eigenvalue weighted by Crippen LogP contribution is -2.10. The van der Waals surface area contributed by atoms with E-state index in [0.29, 0.717) is 0 Å². The maximum atomic E-state index is 5.34. The molecule has 0 bridgehead atoms. The summed E-state index contributed by atoms with van der Waals surface area (Å²) in [5.41, 5.74) is 3.65. The fourth-order valence-corrected chi connectivity index (χ4v) is 1.94. The van der Waals surface area contributed by atoms with Crippen molar-refractivity contribution in [2.24, 2.45) is 0 Å². The summed E-state index contributed by atoms with van der Waals surface area (Å²) in [6.07, 6.45) is 1.77. The van der Waals surface area contributed by atoms with Crippen molar-refractivity contribution in [3.05, 3.63) is 41.6 Å². The Hall–Kier alpha value is -1.61. The summed E-state index contributed by atoms with van der Waals surface area (Å²) >= 11 is 0. The highest BCUT2D eigenvalue weighted by atomic mass is 16.5. The molecule has 0 atom stereocenters. The third kappa shape index (κ3) is 2.62. The van der Waals surface area contributed by atoms with Crippen molar-refractivity contribution in [2.45, 2.75) is 32.7 Å². The summed E-state index contributed by atoms with van der Waals surface area (Å²) in [5.74, 6) is 0.852. The number of hydrogen-bond acceptors (Lipinski definition) is 3. The van der Waals surface area contributed by atoms with E-state index in [0.717, 1.165) is 23.4 Å². The monoisotopic (exact) mass is 244 g/mol. The van der Waals surface area contributed by atoms with Crippen LogP contribution in [0.4, 0.5) is 0 Å². The van der Waals surface area contributed by atoms with E-state index in [4.69, 9.17) is 4.52 Å². The third-order valence-electron chi connectivity index (χ3n) is 3.02. The van der Waals surface area contributed by atoms with Gasteiger partial charge in [0.2, 0.25) is 0 Å². The minimum Gasteiger partial charge on any atom is -0.356 e. The van der Waals surface area contributed by atoms with Gasteiger partial charge in [-0.25, -0.2) is 0 Å². The number of benzene rings is 1. The fourth-order valence-electron chi connectivity index (χ4n) is 1.94. The van der Waals surface area contributed by atoms with Crippen molar-refractivity contribution >= 4 is 0 Å². The SMILES string of the molecule is CNCc1cnoc1-c1ccc(C(C)(C)C)cc1. The van der Waals surface area contributed by atoms with Gasteiger partial charge in [-0.3, -0.25) is 0 Å².